The zero-order valence-electron chi connectivity index (χ0n) is 10.6. The van der Waals surface area contributed by atoms with Gasteiger partial charge in [0, 0.05) is 12.5 Å². The molecule has 0 radical (unpaired) electrons. The summed E-state index contributed by atoms with van der Waals surface area (Å²) in [6.45, 7) is 5.78. The lowest BCUT2D eigenvalue weighted by molar-refractivity contribution is 0.297. The molecule has 2 N–H and O–H groups in total. The van der Waals surface area contributed by atoms with Crippen LogP contribution in [0.5, 0.6) is 11.5 Å². The number of benzene rings is 1. The summed E-state index contributed by atoms with van der Waals surface area (Å²) in [7, 11) is 0. The molecule has 0 saturated carbocycles. The highest BCUT2D eigenvalue weighted by molar-refractivity contribution is 5.44. The minimum atomic E-state index is 0.0668. The second-order valence-corrected chi connectivity index (χ2v) is 4.67. The average Bonchev–Trinajstić information content (AvgIpc) is 2.61. The predicted molar refractivity (Wildman–Crippen MR) is 68.4 cm³/mol. The van der Waals surface area contributed by atoms with Crippen LogP contribution in [-0.2, 0) is 0 Å². The van der Waals surface area contributed by atoms with Crippen LogP contribution in [0, 0.1) is 5.92 Å². The maximum Gasteiger partial charge on any atom is 0.161 e. The average molecular weight is 235 g/mol. The summed E-state index contributed by atoms with van der Waals surface area (Å²) in [5.74, 6) is 2.14. The Labute approximate surface area is 103 Å². The van der Waals surface area contributed by atoms with Crippen molar-refractivity contribution in [3.63, 3.8) is 0 Å². The molecule has 17 heavy (non-hydrogen) atoms. The van der Waals surface area contributed by atoms with E-state index in [9.17, 15) is 0 Å². The lowest BCUT2D eigenvalue weighted by Crippen LogP contribution is -2.18. The van der Waals surface area contributed by atoms with E-state index in [1.807, 2.05) is 18.2 Å². The monoisotopic (exact) mass is 235 g/mol. The van der Waals surface area contributed by atoms with Crippen LogP contribution in [0.1, 0.15) is 38.3 Å². The van der Waals surface area contributed by atoms with Crippen LogP contribution >= 0.6 is 0 Å². The molecule has 2 rings (SSSR count). The molecule has 94 valence electrons. The normalized spacial score (nSPS) is 18.3. The predicted octanol–water partition coefficient (Wildman–Crippen LogP) is 2.89. The highest BCUT2D eigenvalue weighted by Gasteiger charge is 2.17. The molecule has 2 atom stereocenters. The van der Waals surface area contributed by atoms with Crippen molar-refractivity contribution in [1.82, 2.24) is 0 Å². The van der Waals surface area contributed by atoms with Crippen LogP contribution in [0.4, 0.5) is 0 Å². The lowest BCUT2D eigenvalue weighted by atomic mass is 9.93. The standard InChI is InChI=1S/C14H21NO2/c1-3-10(2)14(15)11-5-6-12-13(9-11)17-8-4-7-16-12/h5-6,9-10,14H,3-4,7-8,15H2,1-2H3. The Kier molecular flexibility index (Phi) is 3.89. The first-order valence-corrected chi connectivity index (χ1v) is 6.37. The van der Waals surface area contributed by atoms with E-state index in [1.165, 1.54) is 0 Å². The third-order valence-electron chi connectivity index (χ3n) is 3.41. The molecule has 0 aromatic heterocycles. The number of nitrogens with two attached hydrogens (primary N) is 1. The minimum absolute atomic E-state index is 0.0668. The van der Waals surface area contributed by atoms with Crippen LogP contribution in [0.2, 0.25) is 0 Å². The first kappa shape index (κ1) is 12.2. The van der Waals surface area contributed by atoms with Crippen molar-refractivity contribution in [3.05, 3.63) is 23.8 Å². The molecule has 3 nitrogen and oxygen atoms in total. The molecule has 0 spiro atoms. The second kappa shape index (κ2) is 5.41. The molecular formula is C14H21NO2. The van der Waals surface area contributed by atoms with E-state index >= 15 is 0 Å². The Bertz CT molecular complexity index is 378. The molecule has 1 aromatic carbocycles. The van der Waals surface area contributed by atoms with E-state index in [1.54, 1.807) is 0 Å². The van der Waals surface area contributed by atoms with Crippen LogP contribution < -0.4 is 15.2 Å². The molecule has 1 heterocycles. The van der Waals surface area contributed by atoms with Crippen LogP contribution in [-0.4, -0.2) is 13.2 Å². The van der Waals surface area contributed by atoms with E-state index in [-0.39, 0.29) is 6.04 Å². The van der Waals surface area contributed by atoms with Gasteiger partial charge < -0.3 is 15.2 Å². The Morgan fingerprint density at radius 2 is 1.94 bits per heavy atom. The first-order chi connectivity index (χ1) is 8.22. The van der Waals surface area contributed by atoms with Crippen LogP contribution in [0.25, 0.3) is 0 Å². The highest BCUT2D eigenvalue weighted by atomic mass is 16.5. The third-order valence-corrected chi connectivity index (χ3v) is 3.41. The highest BCUT2D eigenvalue weighted by Crippen LogP contribution is 2.33. The molecule has 3 heteroatoms. The number of rotatable bonds is 3. The summed E-state index contributed by atoms with van der Waals surface area (Å²) in [5.41, 5.74) is 7.35. The summed E-state index contributed by atoms with van der Waals surface area (Å²) in [4.78, 5) is 0. The summed E-state index contributed by atoms with van der Waals surface area (Å²) < 4.78 is 11.3. The smallest absolute Gasteiger partial charge is 0.161 e. The van der Waals surface area contributed by atoms with Gasteiger partial charge in [-0.3, -0.25) is 0 Å². The van der Waals surface area contributed by atoms with Gasteiger partial charge in [-0.1, -0.05) is 26.3 Å². The van der Waals surface area contributed by atoms with Gasteiger partial charge in [0.1, 0.15) is 0 Å². The van der Waals surface area contributed by atoms with E-state index < -0.39 is 0 Å². The molecule has 1 aliphatic heterocycles. The fourth-order valence-corrected chi connectivity index (χ4v) is 1.97. The fraction of sp³-hybridized carbons (Fsp3) is 0.571. The molecular weight excluding hydrogens is 214 g/mol. The summed E-state index contributed by atoms with van der Waals surface area (Å²) in [6, 6.07) is 6.11. The molecule has 1 aliphatic rings. The Morgan fingerprint density at radius 1 is 1.24 bits per heavy atom. The van der Waals surface area contributed by atoms with Crippen molar-refractivity contribution in [2.75, 3.05) is 13.2 Å². The maximum absolute atomic E-state index is 6.22. The maximum atomic E-state index is 6.22. The van der Waals surface area contributed by atoms with Gasteiger partial charge in [0.15, 0.2) is 11.5 Å². The molecule has 0 aliphatic carbocycles. The van der Waals surface area contributed by atoms with Crippen molar-refractivity contribution < 1.29 is 9.47 Å². The van der Waals surface area contributed by atoms with Gasteiger partial charge in [-0.15, -0.1) is 0 Å². The molecule has 0 fully saturated rings. The van der Waals surface area contributed by atoms with E-state index in [0.29, 0.717) is 5.92 Å². The van der Waals surface area contributed by atoms with E-state index in [0.717, 1.165) is 43.1 Å². The van der Waals surface area contributed by atoms with Gasteiger partial charge in [0.2, 0.25) is 0 Å². The summed E-state index contributed by atoms with van der Waals surface area (Å²) in [5, 5.41) is 0. The quantitative estimate of drug-likeness (QED) is 0.876. The number of hydrogen-bond donors (Lipinski definition) is 1. The molecule has 0 bridgehead atoms. The van der Waals surface area contributed by atoms with Crippen molar-refractivity contribution in [1.29, 1.82) is 0 Å². The van der Waals surface area contributed by atoms with E-state index in [4.69, 9.17) is 15.2 Å². The van der Waals surface area contributed by atoms with Gasteiger partial charge in [0.05, 0.1) is 13.2 Å². The van der Waals surface area contributed by atoms with Gasteiger partial charge in [-0.25, -0.2) is 0 Å². The lowest BCUT2D eigenvalue weighted by Gasteiger charge is -2.20. The van der Waals surface area contributed by atoms with Gasteiger partial charge >= 0.3 is 0 Å². The molecule has 0 saturated heterocycles. The topological polar surface area (TPSA) is 44.5 Å². The summed E-state index contributed by atoms with van der Waals surface area (Å²) >= 11 is 0. The van der Waals surface area contributed by atoms with Crippen molar-refractivity contribution in [2.45, 2.75) is 32.7 Å². The zero-order chi connectivity index (χ0) is 12.3. The summed E-state index contributed by atoms with van der Waals surface area (Å²) in [6.07, 6.45) is 2.01. The Hall–Kier alpha value is -1.22. The zero-order valence-corrected chi connectivity index (χ0v) is 10.6. The molecule has 0 amide bonds. The third kappa shape index (κ3) is 2.72. The Morgan fingerprint density at radius 3 is 2.65 bits per heavy atom. The number of fused-ring (bicyclic) bond motifs is 1. The second-order valence-electron chi connectivity index (χ2n) is 4.67. The van der Waals surface area contributed by atoms with Crippen molar-refractivity contribution >= 4 is 0 Å². The van der Waals surface area contributed by atoms with Crippen LogP contribution in [0.15, 0.2) is 18.2 Å². The van der Waals surface area contributed by atoms with Gasteiger partial charge in [-0.2, -0.15) is 0 Å². The number of ether oxygens (including phenoxy) is 2. The SMILES string of the molecule is CCC(C)C(N)c1ccc2c(c1)OCCCO2. The largest absolute Gasteiger partial charge is 0.490 e. The molecule has 1 aromatic rings. The van der Waals surface area contributed by atoms with Crippen molar-refractivity contribution in [2.24, 2.45) is 11.7 Å². The van der Waals surface area contributed by atoms with Crippen LogP contribution in [0.3, 0.4) is 0 Å². The van der Waals surface area contributed by atoms with Gasteiger partial charge in [0.25, 0.3) is 0 Å². The number of hydrogen-bond acceptors (Lipinski definition) is 3. The Balaban J connectivity index is 2.23. The van der Waals surface area contributed by atoms with E-state index in [2.05, 4.69) is 13.8 Å². The van der Waals surface area contributed by atoms with Gasteiger partial charge in [-0.05, 0) is 23.6 Å². The minimum Gasteiger partial charge on any atom is -0.490 e. The molecule has 2 unspecified atom stereocenters. The first-order valence-electron chi connectivity index (χ1n) is 6.37. The van der Waals surface area contributed by atoms with Crippen molar-refractivity contribution in [3.8, 4) is 11.5 Å². The fourth-order valence-electron chi connectivity index (χ4n) is 1.97.